The van der Waals surface area contributed by atoms with E-state index in [1.165, 1.54) is 0 Å². The van der Waals surface area contributed by atoms with E-state index in [2.05, 4.69) is 15.9 Å². The van der Waals surface area contributed by atoms with Gasteiger partial charge in [-0.05, 0) is 46.3 Å². The predicted octanol–water partition coefficient (Wildman–Crippen LogP) is 3.70. The maximum Gasteiger partial charge on any atom is 0.151 e. The predicted molar refractivity (Wildman–Crippen MR) is 76.3 cm³/mol. The highest BCUT2D eigenvalue weighted by Gasteiger charge is 2.08. The average Bonchev–Trinajstić information content (AvgIpc) is 2.43. The fraction of sp³-hybridized carbons (Fsp3) is 0.0714. The van der Waals surface area contributed by atoms with Crippen LogP contribution in [0.1, 0.15) is 5.56 Å². The molecule has 5 heteroatoms. The Morgan fingerprint density at radius 3 is 2.58 bits per heavy atom. The van der Waals surface area contributed by atoms with Gasteiger partial charge in [0.2, 0.25) is 0 Å². The molecule has 0 heterocycles. The number of hydrogen-bond donors (Lipinski definition) is 1. The first-order valence-electron chi connectivity index (χ1n) is 5.45. The fourth-order valence-corrected chi connectivity index (χ4v) is 1.94. The van der Waals surface area contributed by atoms with Crippen LogP contribution in [-0.2, 0) is 0 Å². The minimum Gasteiger partial charge on any atom is -0.497 e. The third-order valence-electron chi connectivity index (χ3n) is 2.50. The zero-order valence-corrected chi connectivity index (χ0v) is 11.8. The van der Waals surface area contributed by atoms with E-state index in [9.17, 15) is 0 Å². The molecular weight excluding hydrogens is 308 g/mol. The van der Waals surface area contributed by atoms with E-state index >= 15 is 0 Å². The van der Waals surface area contributed by atoms with Crippen molar-refractivity contribution < 1.29 is 9.47 Å². The molecule has 0 radical (unpaired) electrons. The van der Waals surface area contributed by atoms with Gasteiger partial charge in [-0.3, -0.25) is 0 Å². The highest BCUT2D eigenvalue weighted by atomic mass is 79.9. The first-order valence-corrected chi connectivity index (χ1v) is 6.24. The van der Waals surface area contributed by atoms with Gasteiger partial charge in [-0.2, -0.15) is 5.26 Å². The van der Waals surface area contributed by atoms with Crippen LogP contribution in [0.2, 0.25) is 0 Å². The lowest BCUT2D eigenvalue weighted by Crippen LogP contribution is -1.94. The summed E-state index contributed by atoms with van der Waals surface area (Å²) in [6.07, 6.45) is 0. The van der Waals surface area contributed by atoms with E-state index in [0.29, 0.717) is 22.7 Å². The summed E-state index contributed by atoms with van der Waals surface area (Å²) in [6, 6.07) is 12.3. The summed E-state index contributed by atoms with van der Waals surface area (Å²) < 4.78 is 11.6. The zero-order chi connectivity index (χ0) is 13.8. The molecule has 0 amide bonds. The number of ether oxygens (including phenoxy) is 2. The number of rotatable bonds is 3. The summed E-state index contributed by atoms with van der Waals surface area (Å²) in [5.74, 6) is 1.77. The van der Waals surface area contributed by atoms with Crippen molar-refractivity contribution in [3.8, 4) is 23.3 Å². The second kappa shape index (κ2) is 5.63. The summed E-state index contributed by atoms with van der Waals surface area (Å²) >= 11 is 3.39. The number of nitrogen functional groups attached to an aromatic ring is 1. The molecule has 0 aliphatic rings. The second-order valence-electron chi connectivity index (χ2n) is 3.76. The first kappa shape index (κ1) is 13.2. The van der Waals surface area contributed by atoms with Crippen molar-refractivity contribution in [2.45, 2.75) is 0 Å². The van der Waals surface area contributed by atoms with Crippen LogP contribution in [0.5, 0.6) is 17.2 Å². The summed E-state index contributed by atoms with van der Waals surface area (Å²) in [5, 5.41) is 8.87. The van der Waals surface area contributed by atoms with E-state index < -0.39 is 0 Å². The minimum absolute atomic E-state index is 0.449. The molecule has 0 atom stereocenters. The first-order chi connectivity index (χ1) is 9.13. The maximum atomic E-state index is 8.87. The van der Waals surface area contributed by atoms with Gasteiger partial charge in [-0.25, -0.2) is 0 Å². The number of benzene rings is 2. The van der Waals surface area contributed by atoms with Crippen LogP contribution in [0.4, 0.5) is 5.69 Å². The molecule has 19 heavy (non-hydrogen) atoms. The Hall–Kier alpha value is -2.19. The van der Waals surface area contributed by atoms with Crippen molar-refractivity contribution >= 4 is 21.6 Å². The van der Waals surface area contributed by atoms with E-state index in [0.717, 1.165) is 10.2 Å². The van der Waals surface area contributed by atoms with Gasteiger partial charge in [0.25, 0.3) is 0 Å². The number of nitriles is 1. The summed E-state index contributed by atoms with van der Waals surface area (Å²) in [4.78, 5) is 0. The van der Waals surface area contributed by atoms with Gasteiger partial charge in [-0.15, -0.1) is 0 Å². The van der Waals surface area contributed by atoms with Crippen LogP contribution in [0, 0.1) is 11.3 Å². The SMILES string of the molecule is COc1ccc(Oc2cc(C#N)ccc2N)c(Br)c1. The molecule has 0 fully saturated rings. The van der Waals surface area contributed by atoms with Gasteiger partial charge >= 0.3 is 0 Å². The van der Waals surface area contributed by atoms with Gasteiger partial charge in [0.05, 0.1) is 28.9 Å². The van der Waals surface area contributed by atoms with E-state index in [1.807, 2.05) is 6.07 Å². The molecular formula is C14H11BrN2O2. The lowest BCUT2D eigenvalue weighted by Gasteiger charge is -2.11. The standard InChI is InChI=1S/C14H11BrN2O2/c1-18-10-3-5-13(11(15)7-10)19-14-6-9(8-16)2-4-12(14)17/h2-7H,17H2,1H3. The molecule has 2 N–H and O–H groups in total. The van der Waals surface area contributed by atoms with Gasteiger partial charge in [0, 0.05) is 6.07 Å². The minimum atomic E-state index is 0.449. The average molecular weight is 319 g/mol. The Labute approximate surface area is 119 Å². The van der Waals surface area contributed by atoms with Crippen molar-refractivity contribution in [3.05, 3.63) is 46.4 Å². The van der Waals surface area contributed by atoms with Crippen LogP contribution in [0.3, 0.4) is 0 Å². The van der Waals surface area contributed by atoms with Gasteiger partial charge in [-0.1, -0.05) is 0 Å². The van der Waals surface area contributed by atoms with Crippen molar-refractivity contribution in [1.29, 1.82) is 5.26 Å². The summed E-state index contributed by atoms with van der Waals surface area (Å²) in [6.45, 7) is 0. The maximum absolute atomic E-state index is 8.87. The van der Waals surface area contributed by atoms with E-state index in [4.69, 9.17) is 20.5 Å². The summed E-state index contributed by atoms with van der Waals surface area (Å²) in [5.41, 5.74) is 6.79. The molecule has 0 saturated heterocycles. The van der Waals surface area contributed by atoms with Crippen molar-refractivity contribution in [2.24, 2.45) is 0 Å². The van der Waals surface area contributed by atoms with Crippen molar-refractivity contribution in [3.63, 3.8) is 0 Å². The smallest absolute Gasteiger partial charge is 0.151 e. The molecule has 96 valence electrons. The number of halogens is 1. The van der Waals surface area contributed by atoms with Crippen LogP contribution >= 0.6 is 15.9 Å². The van der Waals surface area contributed by atoms with Crippen LogP contribution in [0.25, 0.3) is 0 Å². The van der Waals surface area contributed by atoms with Crippen molar-refractivity contribution in [1.82, 2.24) is 0 Å². The van der Waals surface area contributed by atoms with Crippen LogP contribution in [0.15, 0.2) is 40.9 Å². The Morgan fingerprint density at radius 1 is 1.16 bits per heavy atom. The second-order valence-corrected chi connectivity index (χ2v) is 4.62. The lowest BCUT2D eigenvalue weighted by molar-refractivity contribution is 0.412. The third-order valence-corrected chi connectivity index (χ3v) is 3.12. The molecule has 2 aromatic rings. The Balaban J connectivity index is 2.33. The normalized spacial score (nSPS) is 9.74. The van der Waals surface area contributed by atoms with E-state index in [1.54, 1.807) is 43.5 Å². The molecule has 0 unspecified atom stereocenters. The molecule has 2 rings (SSSR count). The highest BCUT2D eigenvalue weighted by Crippen LogP contribution is 2.35. The van der Waals surface area contributed by atoms with E-state index in [-0.39, 0.29) is 0 Å². The molecule has 0 aromatic heterocycles. The largest absolute Gasteiger partial charge is 0.497 e. The third kappa shape index (κ3) is 2.98. The molecule has 0 saturated carbocycles. The fourth-order valence-electron chi connectivity index (χ4n) is 1.50. The molecule has 0 spiro atoms. The zero-order valence-electron chi connectivity index (χ0n) is 10.2. The number of nitrogens with two attached hydrogens (primary N) is 1. The van der Waals surface area contributed by atoms with Crippen LogP contribution in [-0.4, -0.2) is 7.11 Å². The number of nitrogens with zero attached hydrogens (tertiary/aromatic N) is 1. The molecule has 0 bridgehead atoms. The molecule has 4 nitrogen and oxygen atoms in total. The monoisotopic (exact) mass is 318 g/mol. The molecule has 2 aromatic carbocycles. The molecule has 0 aliphatic heterocycles. The molecule has 0 aliphatic carbocycles. The van der Waals surface area contributed by atoms with Gasteiger partial charge in [0.15, 0.2) is 5.75 Å². The van der Waals surface area contributed by atoms with Crippen molar-refractivity contribution in [2.75, 3.05) is 12.8 Å². The highest BCUT2D eigenvalue weighted by molar-refractivity contribution is 9.10. The van der Waals surface area contributed by atoms with Crippen LogP contribution < -0.4 is 15.2 Å². The Morgan fingerprint density at radius 2 is 1.95 bits per heavy atom. The number of methoxy groups -OCH3 is 1. The van der Waals surface area contributed by atoms with Gasteiger partial charge < -0.3 is 15.2 Å². The number of anilines is 1. The number of hydrogen-bond acceptors (Lipinski definition) is 4. The Bertz CT molecular complexity index is 650. The quantitative estimate of drug-likeness (QED) is 0.876. The summed E-state index contributed by atoms with van der Waals surface area (Å²) in [7, 11) is 1.59. The lowest BCUT2D eigenvalue weighted by atomic mass is 10.2. The van der Waals surface area contributed by atoms with Gasteiger partial charge in [0.1, 0.15) is 11.5 Å². The topological polar surface area (TPSA) is 68.3 Å². The Kier molecular flexibility index (Phi) is 3.93.